The number of hydrazine groups is 1. The minimum absolute atomic E-state index is 0.543. The average molecular weight is 267 g/mol. The molecular weight excluding hydrogens is 250 g/mol. The molecule has 5 heteroatoms. The van der Waals surface area contributed by atoms with E-state index in [1.165, 1.54) is 5.56 Å². The van der Waals surface area contributed by atoms with Gasteiger partial charge in [-0.15, -0.1) is 12.6 Å². The van der Waals surface area contributed by atoms with Crippen molar-refractivity contribution in [3.05, 3.63) is 35.9 Å². The molecule has 0 bridgehead atoms. The van der Waals surface area contributed by atoms with Crippen molar-refractivity contribution in [1.29, 1.82) is 0 Å². The van der Waals surface area contributed by atoms with Crippen LogP contribution in [0.2, 0.25) is 0 Å². The van der Waals surface area contributed by atoms with E-state index in [-0.39, 0.29) is 0 Å². The van der Waals surface area contributed by atoms with Crippen LogP contribution in [0.15, 0.2) is 30.3 Å². The fourth-order valence-corrected chi connectivity index (χ4v) is 2.27. The number of piperazine rings is 1. The predicted molar refractivity (Wildman–Crippen MR) is 78.0 cm³/mol. The summed E-state index contributed by atoms with van der Waals surface area (Å²) in [7, 11) is 0. The smallest absolute Gasteiger partial charge is 0.145 e. The summed E-state index contributed by atoms with van der Waals surface area (Å²) in [5, 5.41) is 2.12. The second-order valence-electron chi connectivity index (χ2n) is 4.17. The number of nitrogens with one attached hydrogen (secondary N) is 1. The summed E-state index contributed by atoms with van der Waals surface area (Å²) in [6, 6.07) is 10.6. The van der Waals surface area contributed by atoms with Gasteiger partial charge in [0.2, 0.25) is 0 Å². The molecular formula is C12H17N3S2. The van der Waals surface area contributed by atoms with Crippen molar-refractivity contribution in [2.75, 3.05) is 26.2 Å². The second kappa shape index (κ2) is 6.35. The fraction of sp³-hybridized carbons (Fsp3) is 0.417. The van der Waals surface area contributed by atoms with Gasteiger partial charge in [0.05, 0.1) is 0 Å². The van der Waals surface area contributed by atoms with Gasteiger partial charge in [0, 0.05) is 32.7 Å². The average Bonchev–Trinajstić information content (AvgIpc) is 2.32. The zero-order chi connectivity index (χ0) is 12.1. The highest BCUT2D eigenvalue weighted by molar-refractivity contribution is 8.11. The van der Waals surface area contributed by atoms with Crippen molar-refractivity contribution in [1.82, 2.24) is 15.3 Å². The molecule has 3 nitrogen and oxygen atoms in total. The standard InChI is InChI=1S/C12H17N3S2/c16-12(17)13-15-8-6-14(7-9-15)10-11-4-2-1-3-5-11/h1-5H,6-10H2,(H2,13,16,17). The summed E-state index contributed by atoms with van der Waals surface area (Å²) < 4.78 is 0.543. The lowest BCUT2D eigenvalue weighted by Crippen LogP contribution is -2.52. The van der Waals surface area contributed by atoms with E-state index in [2.05, 4.69) is 58.3 Å². The van der Waals surface area contributed by atoms with Gasteiger partial charge in [0.15, 0.2) is 0 Å². The minimum Gasteiger partial charge on any atom is -0.304 e. The van der Waals surface area contributed by atoms with Crippen LogP contribution in [0, 0.1) is 0 Å². The number of hydrogen-bond donors (Lipinski definition) is 2. The van der Waals surface area contributed by atoms with Gasteiger partial charge in [0.1, 0.15) is 4.32 Å². The van der Waals surface area contributed by atoms with Crippen molar-refractivity contribution >= 4 is 29.2 Å². The molecule has 92 valence electrons. The molecule has 1 aliphatic heterocycles. The van der Waals surface area contributed by atoms with Crippen molar-refractivity contribution in [3.63, 3.8) is 0 Å². The van der Waals surface area contributed by atoms with Crippen LogP contribution in [-0.4, -0.2) is 40.4 Å². The Kier molecular flexibility index (Phi) is 4.79. The Bertz CT molecular complexity index is 361. The first-order chi connectivity index (χ1) is 8.24. The molecule has 1 saturated heterocycles. The first-order valence-electron chi connectivity index (χ1n) is 5.75. The molecule has 0 atom stereocenters. The molecule has 1 heterocycles. The van der Waals surface area contributed by atoms with Crippen LogP contribution in [0.3, 0.4) is 0 Å². The highest BCUT2D eigenvalue weighted by atomic mass is 32.1. The molecule has 1 N–H and O–H groups in total. The molecule has 0 amide bonds. The summed E-state index contributed by atoms with van der Waals surface area (Å²) in [6.07, 6.45) is 0. The van der Waals surface area contributed by atoms with Gasteiger partial charge in [-0.2, -0.15) is 0 Å². The van der Waals surface area contributed by atoms with E-state index < -0.39 is 0 Å². The molecule has 17 heavy (non-hydrogen) atoms. The van der Waals surface area contributed by atoms with Crippen LogP contribution in [-0.2, 0) is 6.54 Å². The Morgan fingerprint density at radius 2 is 1.82 bits per heavy atom. The van der Waals surface area contributed by atoms with Gasteiger partial charge in [-0.1, -0.05) is 42.5 Å². The second-order valence-corrected chi connectivity index (χ2v) is 5.32. The summed E-state index contributed by atoms with van der Waals surface area (Å²) >= 11 is 8.98. The Balaban J connectivity index is 1.78. The zero-order valence-electron chi connectivity index (χ0n) is 9.67. The molecule has 0 radical (unpaired) electrons. The third-order valence-corrected chi connectivity index (χ3v) is 3.07. The van der Waals surface area contributed by atoms with Gasteiger partial charge < -0.3 is 5.43 Å². The molecule has 0 saturated carbocycles. The molecule has 0 spiro atoms. The summed E-state index contributed by atoms with van der Waals surface area (Å²) in [5.74, 6) is 0. The molecule has 0 aromatic heterocycles. The van der Waals surface area contributed by atoms with Crippen LogP contribution >= 0.6 is 24.8 Å². The molecule has 1 aromatic carbocycles. The Hall–Kier alpha value is -0.620. The van der Waals surface area contributed by atoms with Crippen LogP contribution in [0.1, 0.15) is 5.56 Å². The lowest BCUT2D eigenvalue weighted by atomic mass is 10.2. The summed E-state index contributed by atoms with van der Waals surface area (Å²) in [6.45, 7) is 5.09. The van der Waals surface area contributed by atoms with E-state index in [1.54, 1.807) is 0 Å². The van der Waals surface area contributed by atoms with Crippen LogP contribution in [0.5, 0.6) is 0 Å². The number of thiocarbonyl (C=S) groups is 1. The number of benzene rings is 1. The quantitative estimate of drug-likeness (QED) is 0.639. The Morgan fingerprint density at radius 3 is 2.41 bits per heavy atom. The van der Waals surface area contributed by atoms with Gasteiger partial charge >= 0.3 is 0 Å². The van der Waals surface area contributed by atoms with E-state index >= 15 is 0 Å². The van der Waals surface area contributed by atoms with E-state index in [9.17, 15) is 0 Å². The first kappa shape index (κ1) is 12.8. The topological polar surface area (TPSA) is 18.5 Å². The molecule has 1 aliphatic rings. The van der Waals surface area contributed by atoms with Gasteiger partial charge in [-0.3, -0.25) is 4.90 Å². The van der Waals surface area contributed by atoms with Crippen molar-refractivity contribution in [2.45, 2.75) is 6.54 Å². The summed E-state index contributed by atoms with van der Waals surface area (Å²) in [5.41, 5.74) is 4.44. The van der Waals surface area contributed by atoms with Crippen LogP contribution in [0.25, 0.3) is 0 Å². The Morgan fingerprint density at radius 1 is 1.18 bits per heavy atom. The zero-order valence-corrected chi connectivity index (χ0v) is 11.4. The van der Waals surface area contributed by atoms with Crippen molar-refractivity contribution in [3.8, 4) is 0 Å². The monoisotopic (exact) mass is 267 g/mol. The highest BCUT2D eigenvalue weighted by Gasteiger charge is 2.16. The lowest BCUT2D eigenvalue weighted by Gasteiger charge is -2.34. The number of hydrogen-bond acceptors (Lipinski definition) is 3. The lowest BCUT2D eigenvalue weighted by molar-refractivity contribution is 0.109. The third kappa shape index (κ3) is 4.27. The Labute approximate surface area is 113 Å². The van der Waals surface area contributed by atoms with E-state index in [1.807, 2.05) is 0 Å². The van der Waals surface area contributed by atoms with E-state index in [4.69, 9.17) is 12.2 Å². The number of nitrogens with zero attached hydrogens (tertiary/aromatic N) is 2. The van der Waals surface area contributed by atoms with Gasteiger partial charge in [0.25, 0.3) is 0 Å². The molecule has 0 aliphatic carbocycles. The molecule has 1 fully saturated rings. The maximum absolute atomic E-state index is 4.91. The normalized spacial score (nSPS) is 17.9. The molecule has 2 rings (SSSR count). The number of rotatable bonds is 3. The van der Waals surface area contributed by atoms with Crippen LogP contribution in [0.4, 0.5) is 0 Å². The number of thiol groups is 1. The van der Waals surface area contributed by atoms with Crippen molar-refractivity contribution in [2.24, 2.45) is 0 Å². The van der Waals surface area contributed by atoms with Crippen molar-refractivity contribution < 1.29 is 0 Å². The predicted octanol–water partition coefficient (Wildman–Crippen LogP) is 1.52. The van der Waals surface area contributed by atoms with Gasteiger partial charge in [-0.25, -0.2) is 5.01 Å². The fourth-order valence-electron chi connectivity index (χ4n) is 1.99. The largest absolute Gasteiger partial charge is 0.304 e. The molecule has 1 aromatic rings. The van der Waals surface area contributed by atoms with E-state index in [0.717, 1.165) is 32.7 Å². The first-order valence-corrected chi connectivity index (χ1v) is 6.60. The maximum Gasteiger partial charge on any atom is 0.145 e. The maximum atomic E-state index is 4.91. The van der Waals surface area contributed by atoms with Gasteiger partial charge in [-0.05, 0) is 5.56 Å². The summed E-state index contributed by atoms with van der Waals surface area (Å²) in [4.78, 5) is 2.45. The third-order valence-electron chi connectivity index (χ3n) is 2.88. The van der Waals surface area contributed by atoms with Crippen LogP contribution < -0.4 is 5.43 Å². The highest BCUT2D eigenvalue weighted by Crippen LogP contribution is 2.07. The molecule has 0 unspecified atom stereocenters. The minimum atomic E-state index is 0.543. The SMILES string of the molecule is S=C(S)NN1CCN(Cc2ccccc2)CC1. The van der Waals surface area contributed by atoms with E-state index in [0.29, 0.717) is 4.32 Å².